The van der Waals surface area contributed by atoms with Crippen molar-refractivity contribution in [3.05, 3.63) is 102 Å². The fourth-order valence-corrected chi connectivity index (χ4v) is 3.79. The predicted molar refractivity (Wildman–Crippen MR) is 133 cm³/mol. The summed E-state index contributed by atoms with van der Waals surface area (Å²) < 4.78 is 27.9. The van der Waals surface area contributed by atoms with E-state index in [4.69, 9.17) is 14.6 Å². The van der Waals surface area contributed by atoms with Gasteiger partial charge in [0.15, 0.2) is 0 Å². The first-order valence-corrected chi connectivity index (χ1v) is 11.4. The van der Waals surface area contributed by atoms with Gasteiger partial charge in [0.1, 0.15) is 17.3 Å². The van der Waals surface area contributed by atoms with E-state index >= 15 is 0 Å². The first-order valence-electron chi connectivity index (χ1n) is 11.4. The van der Waals surface area contributed by atoms with Crippen molar-refractivity contribution in [2.75, 3.05) is 7.11 Å². The zero-order valence-corrected chi connectivity index (χ0v) is 20.2. The van der Waals surface area contributed by atoms with E-state index in [1.54, 1.807) is 34.9 Å². The third kappa shape index (κ3) is 5.19. The Hall–Kier alpha value is -4.13. The van der Waals surface area contributed by atoms with Crippen LogP contribution in [0, 0.1) is 12.7 Å². The molecular weight excluding hydrogens is 445 g/mol. The lowest BCUT2D eigenvalue weighted by atomic mass is 10.1. The standard InChI is InChI=1S/C28H28FN3O3/c1-19(2)31(27(33)24-15-8-9-16-26(24)29)18-25-20(3)30-32(21-11-6-5-7-12-21)28(25)35-23-14-10-13-22(17-23)34-4/h5-17,19H,18H2,1-4H3. The summed E-state index contributed by atoms with van der Waals surface area (Å²) in [5, 5.41) is 4.73. The van der Waals surface area contributed by atoms with Gasteiger partial charge in [-0.1, -0.05) is 36.4 Å². The number of hydrogen-bond acceptors (Lipinski definition) is 4. The van der Waals surface area contributed by atoms with Crippen LogP contribution < -0.4 is 9.47 Å². The average molecular weight is 474 g/mol. The molecule has 0 unspecified atom stereocenters. The first kappa shape index (κ1) is 24.0. The van der Waals surface area contributed by atoms with Crippen molar-refractivity contribution in [2.45, 2.75) is 33.4 Å². The largest absolute Gasteiger partial charge is 0.497 e. The molecule has 0 atom stereocenters. The van der Waals surface area contributed by atoms with Crippen LogP contribution in [0.25, 0.3) is 5.69 Å². The molecule has 6 nitrogen and oxygen atoms in total. The molecule has 0 aliphatic heterocycles. The number of hydrogen-bond donors (Lipinski definition) is 0. The van der Waals surface area contributed by atoms with Gasteiger partial charge in [0.2, 0.25) is 5.88 Å². The summed E-state index contributed by atoms with van der Waals surface area (Å²) in [6.45, 7) is 5.87. The minimum absolute atomic E-state index is 0.0320. The van der Waals surface area contributed by atoms with Gasteiger partial charge in [0, 0.05) is 12.1 Å². The second kappa shape index (κ2) is 10.4. The van der Waals surface area contributed by atoms with Crippen LogP contribution in [0.2, 0.25) is 0 Å². The topological polar surface area (TPSA) is 56.6 Å². The summed E-state index contributed by atoms with van der Waals surface area (Å²) in [5.74, 6) is 0.767. The van der Waals surface area contributed by atoms with Crippen LogP contribution >= 0.6 is 0 Å². The summed E-state index contributed by atoms with van der Waals surface area (Å²) in [7, 11) is 1.59. The van der Waals surface area contributed by atoms with Gasteiger partial charge in [-0.3, -0.25) is 4.79 Å². The van der Waals surface area contributed by atoms with E-state index < -0.39 is 11.7 Å². The smallest absolute Gasteiger partial charge is 0.257 e. The number of aryl methyl sites for hydroxylation is 1. The number of aromatic nitrogens is 2. The Morgan fingerprint density at radius 1 is 1.00 bits per heavy atom. The second-order valence-corrected chi connectivity index (χ2v) is 8.40. The Bertz CT molecular complexity index is 1320. The van der Waals surface area contributed by atoms with E-state index in [1.807, 2.05) is 69.3 Å². The van der Waals surface area contributed by atoms with Gasteiger partial charge in [0.25, 0.3) is 5.91 Å². The zero-order chi connectivity index (χ0) is 24.9. The lowest BCUT2D eigenvalue weighted by Gasteiger charge is -2.27. The Kier molecular flexibility index (Phi) is 7.15. The van der Waals surface area contributed by atoms with Crippen molar-refractivity contribution < 1.29 is 18.7 Å². The van der Waals surface area contributed by atoms with Crippen LogP contribution in [-0.4, -0.2) is 33.7 Å². The molecule has 35 heavy (non-hydrogen) atoms. The van der Waals surface area contributed by atoms with Crippen LogP contribution in [-0.2, 0) is 6.54 Å². The van der Waals surface area contributed by atoms with Gasteiger partial charge in [-0.15, -0.1) is 0 Å². The summed E-state index contributed by atoms with van der Waals surface area (Å²) in [4.78, 5) is 15.0. The van der Waals surface area contributed by atoms with Crippen molar-refractivity contribution in [1.82, 2.24) is 14.7 Å². The number of para-hydroxylation sites is 1. The Labute approximate surface area is 204 Å². The number of amides is 1. The predicted octanol–water partition coefficient (Wildman–Crippen LogP) is 6.17. The summed E-state index contributed by atoms with van der Waals surface area (Å²) in [6.07, 6.45) is 0. The summed E-state index contributed by atoms with van der Waals surface area (Å²) in [5.41, 5.74) is 2.29. The molecule has 4 aromatic rings. The molecule has 0 spiro atoms. The number of nitrogens with zero attached hydrogens (tertiary/aromatic N) is 3. The maximum atomic E-state index is 14.4. The molecule has 0 aliphatic rings. The van der Waals surface area contributed by atoms with Crippen molar-refractivity contribution in [2.24, 2.45) is 0 Å². The fraction of sp³-hybridized carbons (Fsp3) is 0.214. The molecule has 0 bridgehead atoms. The average Bonchev–Trinajstić information content (AvgIpc) is 3.17. The van der Waals surface area contributed by atoms with Crippen LogP contribution in [0.15, 0.2) is 78.9 Å². The first-order chi connectivity index (χ1) is 16.9. The van der Waals surface area contributed by atoms with E-state index in [0.717, 1.165) is 11.3 Å². The Balaban J connectivity index is 1.79. The molecule has 0 N–H and O–H groups in total. The van der Waals surface area contributed by atoms with Gasteiger partial charge in [-0.25, -0.2) is 9.07 Å². The van der Waals surface area contributed by atoms with E-state index in [0.29, 0.717) is 23.1 Å². The van der Waals surface area contributed by atoms with Crippen molar-refractivity contribution in [1.29, 1.82) is 0 Å². The lowest BCUT2D eigenvalue weighted by molar-refractivity contribution is 0.0684. The highest BCUT2D eigenvalue weighted by atomic mass is 19.1. The molecule has 0 saturated heterocycles. The highest BCUT2D eigenvalue weighted by molar-refractivity contribution is 5.94. The maximum absolute atomic E-state index is 14.4. The molecule has 180 valence electrons. The van der Waals surface area contributed by atoms with Gasteiger partial charge in [-0.2, -0.15) is 5.10 Å². The molecule has 0 fully saturated rings. The van der Waals surface area contributed by atoms with E-state index in [1.165, 1.54) is 12.1 Å². The number of carbonyl (C=O) groups is 1. The number of methoxy groups -OCH3 is 1. The highest BCUT2D eigenvalue weighted by Crippen LogP contribution is 2.33. The van der Waals surface area contributed by atoms with E-state index in [9.17, 15) is 9.18 Å². The fourth-order valence-electron chi connectivity index (χ4n) is 3.79. The third-order valence-electron chi connectivity index (χ3n) is 5.71. The minimum atomic E-state index is -0.548. The number of benzene rings is 3. The van der Waals surface area contributed by atoms with Crippen molar-refractivity contribution >= 4 is 5.91 Å². The van der Waals surface area contributed by atoms with Gasteiger partial charge >= 0.3 is 0 Å². The SMILES string of the molecule is COc1cccc(Oc2c(CN(C(=O)c3ccccc3F)C(C)C)c(C)nn2-c2ccccc2)c1. The molecule has 1 amide bonds. The van der Waals surface area contributed by atoms with Crippen molar-refractivity contribution in [3.63, 3.8) is 0 Å². The lowest BCUT2D eigenvalue weighted by Crippen LogP contribution is -2.37. The normalized spacial score (nSPS) is 10.9. The number of carbonyl (C=O) groups excluding carboxylic acids is 1. The molecule has 0 radical (unpaired) electrons. The minimum Gasteiger partial charge on any atom is -0.497 e. The Morgan fingerprint density at radius 2 is 1.69 bits per heavy atom. The molecule has 4 rings (SSSR count). The van der Waals surface area contributed by atoms with Crippen molar-refractivity contribution in [3.8, 4) is 23.1 Å². The van der Waals surface area contributed by atoms with Crippen LogP contribution in [0.3, 0.4) is 0 Å². The van der Waals surface area contributed by atoms with E-state index in [-0.39, 0.29) is 18.2 Å². The Morgan fingerprint density at radius 3 is 2.37 bits per heavy atom. The quantitative estimate of drug-likeness (QED) is 0.307. The molecule has 1 aromatic heterocycles. The van der Waals surface area contributed by atoms with Crippen LogP contribution in [0.1, 0.15) is 35.5 Å². The molecule has 0 aliphatic carbocycles. The number of halogens is 1. The molecule has 1 heterocycles. The van der Waals surface area contributed by atoms with Crippen LogP contribution in [0.4, 0.5) is 4.39 Å². The number of ether oxygens (including phenoxy) is 2. The zero-order valence-electron chi connectivity index (χ0n) is 20.2. The summed E-state index contributed by atoms with van der Waals surface area (Å²) >= 11 is 0. The number of rotatable bonds is 8. The maximum Gasteiger partial charge on any atom is 0.257 e. The van der Waals surface area contributed by atoms with E-state index in [2.05, 4.69) is 0 Å². The molecule has 7 heteroatoms. The third-order valence-corrected chi connectivity index (χ3v) is 5.71. The van der Waals surface area contributed by atoms with Gasteiger partial charge in [-0.05, 0) is 57.2 Å². The summed E-state index contributed by atoms with van der Waals surface area (Å²) in [6, 6.07) is 22.7. The molecular formula is C28H28FN3O3. The van der Waals surface area contributed by atoms with Gasteiger partial charge < -0.3 is 14.4 Å². The van der Waals surface area contributed by atoms with Crippen LogP contribution in [0.5, 0.6) is 17.4 Å². The highest BCUT2D eigenvalue weighted by Gasteiger charge is 2.27. The monoisotopic (exact) mass is 473 g/mol. The van der Waals surface area contributed by atoms with Gasteiger partial charge in [0.05, 0.1) is 36.2 Å². The molecule has 3 aromatic carbocycles. The second-order valence-electron chi connectivity index (χ2n) is 8.40. The molecule has 0 saturated carbocycles.